The van der Waals surface area contributed by atoms with E-state index in [1.165, 1.54) is 24.3 Å². The van der Waals surface area contributed by atoms with Crippen LogP contribution in [0.5, 0.6) is 0 Å². The fourth-order valence-electron chi connectivity index (χ4n) is 1.90. The highest BCUT2D eigenvalue weighted by Crippen LogP contribution is 2.14. The molecular weight excluding hydrogens is 274 g/mol. The highest BCUT2D eigenvalue weighted by molar-refractivity contribution is 5.98. The summed E-state index contributed by atoms with van der Waals surface area (Å²) in [6, 6.07) is 5.56. The zero-order chi connectivity index (χ0) is 15.8. The van der Waals surface area contributed by atoms with Crippen LogP contribution in [0.15, 0.2) is 24.3 Å². The minimum atomic E-state index is -0.547. The summed E-state index contributed by atoms with van der Waals surface area (Å²) in [6.07, 6.45) is 1.77. The van der Waals surface area contributed by atoms with E-state index < -0.39 is 10.8 Å². The summed E-state index contributed by atoms with van der Waals surface area (Å²) < 4.78 is 0. The van der Waals surface area contributed by atoms with Crippen molar-refractivity contribution in [1.82, 2.24) is 4.90 Å². The zero-order valence-corrected chi connectivity index (χ0v) is 11.9. The van der Waals surface area contributed by atoms with E-state index in [4.69, 9.17) is 5.73 Å². The molecule has 0 aromatic heterocycles. The molecular formula is C14H19N3O4. The number of ketones is 1. The summed E-state index contributed by atoms with van der Waals surface area (Å²) in [4.78, 5) is 35.0. The van der Waals surface area contributed by atoms with Crippen LogP contribution >= 0.6 is 0 Å². The van der Waals surface area contributed by atoms with Crippen LogP contribution in [0.25, 0.3) is 0 Å². The fourth-order valence-corrected chi connectivity index (χ4v) is 1.90. The van der Waals surface area contributed by atoms with E-state index >= 15 is 0 Å². The average Bonchev–Trinajstić information content (AvgIpc) is 2.44. The first kappa shape index (κ1) is 16.8. The molecule has 0 saturated heterocycles. The second kappa shape index (κ2) is 8.11. The van der Waals surface area contributed by atoms with E-state index in [-0.39, 0.29) is 30.1 Å². The van der Waals surface area contributed by atoms with Gasteiger partial charge in [-0.15, -0.1) is 0 Å². The number of nitrogens with two attached hydrogens (primary N) is 1. The normalized spacial score (nSPS) is 10.6. The summed E-state index contributed by atoms with van der Waals surface area (Å²) in [5.41, 5.74) is 5.29. The molecule has 0 aliphatic heterocycles. The number of hydrogen-bond acceptors (Lipinski definition) is 5. The Hall–Kier alpha value is -2.28. The number of nitro groups is 1. The minimum absolute atomic E-state index is 0.000662. The van der Waals surface area contributed by atoms with Crippen LogP contribution in [-0.4, -0.2) is 41.1 Å². The van der Waals surface area contributed by atoms with E-state index in [1.807, 2.05) is 6.92 Å². The summed E-state index contributed by atoms with van der Waals surface area (Å²) in [7, 11) is 0. The van der Waals surface area contributed by atoms with Gasteiger partial charge >= 0.3 is 0 Å². The summed E-state index contributed by atoms with van der Waals surface area (Å²) in [5, 5.41) is 10.7. The first-order chi connectivity index (χ1) is 9.93. The quantitative estimate of drug-likeness (QED) is 0.420. The molecule has 1 amide bonds. The Labute approximate surface area is 122 Å². The van der Waals surface area contributed by atoms with Gasteiger partial charge in [-0.05, 0) is 13.0 Å². The van der Waals surface area contributed by atoms with Crippen molar-refractivity contribution in [1.29, 1.82) is 0 Å². The van der Waals surface area contributed by atoms with Crippen LogP contribution in [0.3, 0.4) is 0 Å². The molecule has 7 heteroatoms. The molecule has 114 valence electrons. The summed E-state index contributed by atoms with van der Waals surface area (Å²) in [5.74, 6) is -0.769. The Kier molecular flexibility index (Phi) is 6.48. The van der Waals surface area contributed by atoms with Crippen LogP contribution < -0.4 is 5.73 Å². The molecule has 1 aromatic rings. The third-order valence-electron chi connectivity index (χ3n) is 2.95. The second-order valence-electron chi connectivity index (χ2n) is 4.76. The summed E-state index contributed by atoms with van der Waals surface area (Å²) >= 11 is 0. The molecule has 7 nitrogen and oxygen atoms in total. The number of carbonyl (C=O) groups excluding carboxylic acids is 2. The molecule has 0 aliphatic rings. The monoisotopic (exact) mass is 293 g/mol. The van der Waals surface area contributed by atoms with Crippen molar-refractivity contribution in [2.45, 2.75) is 19.8 Å². The van der Waals surface area contributed by atoms with Crippen LogP contribution in [-0.2, 0) is 4.79 Å². The largest absolute Gasteiger partial charge is 0.369 e. The third kappa shape index (κ3) is 5.70. The van der Waals surface area contributed by atoms with E-state index in [2.05, 4.69) is 0 Å². The smallest absolute Gasteiger partial charge is 0.270 e. The van der Waals surface area contributed by atoms with Crippen molar-refractivity contribution < 1.29 is 14.5 Å². The van der Waals surface area contributed by atoms with Crippen LogP contribution in [0.2, 0.25) is 0 Å². The highest BCUT2D eigenvalue weighted by atomic mass is 16.6. The number of unbranched alkanes of at least 4 members (excludes halogenated alkanes) is 1. The van der Waals surface area contributed by atoms with Gasteiger partial charge in [-0.25, -0.2) is 0 Å². The molecule has 0 bridgehead atoms. The van der Waals surface area contributed by atoms with Crippen molar-refractivity contribution >= 4 is 17.4 Å². The Bertz CT molecular complexity index is 531. The van der Waals surface area contributed by atoms with E-state index in [9.17, 15) is 19.7 Å². The Morgan fingerprint density at radius 2 is 2.05 bits per heavy atom. The first-order valence-electron chi connectivity index (χ1n) is 6.72. The van der Waals surface area contributed by atoms with E-state index in [0.717, 1.165) is 12.8 Å². The second-order valence-corrected chi connectivity index (χ2v) is 4.76. The summed E-state index contributed by atoms with van der Waals surface area (Å²) in [6.45, 7) is 2.61. The number of nitrogens with zero attached hydrogens (tertiary/aromatic N) is 2. The molecule has 0 radical (unpaired) electrons. The van der Waals surface area contributed by atoms with E-state index in [0.29, 0.717) is 6.54 Å². The van der Waals surface area contributed by atoms with Crippen molar-refractivity contribution in [3.05, 3.63) is 39.9 Å². The van der Waals surface area contributed by atoms with Gasteiger partial charge in [-0.1, -0.05) is 25.5 Å². The van der Waals surface area contributed by atoms with Crippen LogP contribution in [0.4, 0.5) is 5.69 Å². The lowest BCUT2D eigenvalue weighted by molar-refractivity contribution is -0.384. The molecule has 2 N–H and O–H groups in total. The molecule has 0 unspecified atom stereocenters. The average molecular weight is 293 g/mol. The van der Waals surface area contributed by atoms with Gasteiger partial charge in [-0.3, -0.25) is 24.6 Å². The number of hydrogen-bond donors (Lipinski definition) is 1. The number of benzene rings is 1. The molecule has 0 aliphatic carbocycles. The molecule has 0 atom stereocenters. The lowest BCUT2D eigenvalue weighted by atomic mass is 10.1. The van der Waals surface area contributed by atoms with Crippen molar-refractivity contribution in [2.75, 3.05) is 19.6 Å². The van der Waals surface area contributed by atoms with Crippen LogP contribution in [0.1, 0.15) is 30.1 Å². The maximum atomic E-state index is 12.2. The number of rotatable bonds is 9. The Balaban J connectivity index is 2.78. The molecule has 0 saturated carbocycles. The van der Waals surface area contributed by atoms with Gasteiger partial charge in [0, 0.05) is 17.7 Å². The van der Waals surface area contributed by atoms with Crippen molar-refractivity contribution in [3.63, 3.8) is 0 Å². The topological polar surface area (TPSA) is 107 Å². The predicted molar refractivity (Wildman–Crippen MR) is 78.0 cm³/mol. The number of amides is 1. The molecule has 0 heterocycles. The number of primary amides is 1. The van der Waals surface area contributed by atoms with Crippen molar-refractivity contribution in [2.24, 2.45) is 5.73 Å². The number of carbonyl (C=O) groups is 2. The van der Waals surface area contributed by atoms with Gasteiger partial charge in [0.15, 0.2) is 5.78 Å². The lowest BCUT2D eigenvalue weighted by Crippen LogP contribution is -2.38. The molecule has 0 fully saturated rings. The minimum Gasteiger partial charge on any atom is -0.369 e. The molecule has 1 rings (SSSR count). The number of Topliss-reactive ketones (excluding diaryl/α,β-unsaturated/α-hetero) is 1. The van der Waals surface area contributed by atoms with E-state index in [1.54, 1.807) is 4.90 Å². The molecule has 21 heavy (non-hydrogen) atoms. The number of non-ortho nitro benzene ring substituents is 1. The highest BCUT2D eigenvalue weighted by Gasteiger charge is 2.16. The Morgan fingerprint density at radius 3 is 2.62 bits per heavy atom. The molecule has 1 aromatic carbocycles. The SMILES string of the molecule is CCCCN(CC(N)=O)CC(=O)c1cccc([N+](=O)[O-])c1. The van der Waals surface area contributed by atoms with Gasteiger partial charge in [0.2, 0.25) is 5.91 Å². The van der Waals surface area contributed by atoms with Gasteiger partial charge in [0.1, 0.15) is 0 Å². The maximum absolute atomic E-state index is 12.2. The predicted octanol–water partition coefficient (Wildman–Crippen LogP) is 1.36. The zero-order valence-electron chi connectivity index (χ0n) is 11.9. The van der Waals surface area contributed by atoms with Crippen molar-refractivity contribution in [3.8, 4) is 0 Å². The van der Waals surface area contributed by atoms with Gasteiger partial charge in [-0.2, -0.15) is 0 Å². The number of nitro benzene ring substituents is 1. The fraction of sp³-hybridized carbons (Fsp3) is 0.429. The molecule has 0 spiro atoms. The first-order valence-corrected chi connectivity index (χ1v) is 6.72. The Morgan fingerprint density at radius 1 is 1.33 bits per heavy atom. The van der Waals surface area contributed by atoms with Gasteiger partial charge in [0.25, 0.3) is 5.69 Å². The van der Waals surface area contributed by atoms with Gasteiger partial charge in [0.05, 0.1) is 18.0 Å². The standard InChI is InChI=1S/C14H19N3O4/c1-2-3-7-16(10-14(15)19)9-13(18)11-5-4-6-12(8-11)17(20)21/h4-6,8H,2-3,7,9-10H2,1H3,(H2,15,19). The maximum Gasteiger partial charge on any atom is 0.270 e. The third-order valence-corrected chi connectivity index (χ3v) is 2.95. The van der Waals surface area contributed by atoms with Crippen LogP contribution in [0, 0.1) is 10.1 Å². The van der Waals surface area contributed by atoms with Gasteiger partial charge < -0.3 is 5.73 Å². The lowest BCUT2D eigenvalue weighted by Gasteiger charge is -2.19.